The Labute approximate surface area is 100 Å². The van der Waals surface area contributed by atoms with E-state index in [1.165, 1.54) is 4.88 Å². The van der Waals surface area contributed by atoms with Crippen molar-refractivity contribution in [3.63, 3.8) is 0 Å². The van der Waals surface area contributed by atoms with Gasteiger partial charge in [-0.3, -0.25) is 0 Å². The Kier molecular flexibility index (Phi) is 7.09. The zero-order chi connectivity index (χ0) is 10.9. The molecule has 1 N–H and O–H groups in total. The van der Waals surface area contributed by atoms with E-state index in [0.717, 1.165) is 24.7 Å². The van der Waals surface area contributed by atoms with Gasteiger partial charge in [-0.2, -0.15) is 11.8 Å². The summed E-state index contributed by atoms with van der Waals surface area (Å²) in [6.07, 6.45) is 0. The molecule has 0 aliphatic rings. The van der Waals surface area contributed by atoms with Gasteiger partial charge >= 0.3 is 0 Å². The molecule has 2 nitrogen and oxygen atoms in total. The van der Waals surface area contributed by atoms with Crippen LogP contribution in [0.1, 0.15) is 17.8 Å². The monoisotopic (exact) mass is 245 g/mol. The quantitative estimate of drug-likeness (QED) is 0.712. The fourth-order valence-corrected chi connectivity index (χ4v) is 2.74. The van der Waals surface area contributed by atoms with Crippen molar-refractivity contribution < 1.29 is 4.74 Å². The van der Waals surface area contributed by atoms with Crippen molar-refractivity contribution >= 4 is 23.1 Å². The van der Waals surface area contributed by atoms with Crippen molar-refractivity contribution in [3.8, 4) is 0 Å². The van der Waals surface area contributed by atoms with Crippen LogP contribution in [0, 0.1) is 0 Å². The van der Waals surface area contributed by atoms with E-state index in [2.05, 4.69) is 29.8 Å². The van der Waals surface area contributed by atoms with Crippen molar-refractivity contribution in [2.45, 2.75) is 13.0 Å². The van der Waals surface area contributed by atoms with Gasteiger partial charge in [0.05, 0.1) is 6.61 Å². The fourth-order valence-electron chi connectivity index (χ4n) is 1.23. The van der Waals surface area contributed by atoms with Gasteiger partial charge < -0.3 is 10.1 Å². The highest BCUT2D eigenvalue weighted by atomic mass is 32.2. The summed E-state index contributed by atoms with van der Waals surface area (Å²) in [5, 5.41) is 5.64. The van der Waals surface area contributed by atoms with Crippen molar-refractivity contribution in [2.24, 2.45) is 0 Å². The van der Waals surface area contributed by atoms with E-state index in [4.69, 9.17) is 4.74 Å². The molecule has 0 spiro atoms. The summed E-state index contributed by atoms with van der Waals surface area (Å²) in [4.78, 5) is 1.41. The topological polar surface area (TPSA) is 21.3 Å². The fraction of sp³-hybridized carbons (Fsp3) is 0.636. The first kappa shape index (κ1) is 13.0. The van der Waals surface area contributed by atoms with E-state index in [0.29, 0.717) is 6.04 Å². The lowest BCUT2D eigenvalue weighted by Crippen LogP contribution is -2.20. The molecule has 0 radical (unpaired) electrons. The Morgan fingerprint density at radius 1 is 1.53 bits per heavy atom. The maximum atomic E-state index is 4.99. The number of thioether (sulfide) groups is 1. The van der Waals surface area contributed by atoms with Crippen LogP contribution in [0.5, 0.6) is 0 Å². The molecule has 0 amide bonds. The summed E-state index contributed by atoms with van der Waals surface area (Å²) in [6, 6.07) is 4.76. The van der Waals surface area contributed by atoms with Crippen LogP contribution in [0.4, 0.5) is 0 Å². The molecule has 1 aromatic rings. The van der Waals surface area contributed by atoms with Crippen LogP contribution in [-0.2, 0) is 4.74 Å². The molecule has 15 heavy (non-hydrogen) atoms. The largest absolute Gasteiger partial charge is 0.384 e. The molecule has 86 valence electrons. The second-order valence-electron chi connectivity index (χ2n) is 3.30. The number of hydrogen-bond acceptors (Lipinski definition) is 4. The molecule has 0 saturated carbocycles. The highest BCUT2D eigenvalue weighted by molar-refractivity contribution is 7.99. The second-order valence-corrected chi connectivity index (χ2v) is 5.50. The first-order valence-electron chi connectivity index (χ1n) is 5.18. The lowest BCUT2D eigenvalue weighted by Gasteiger charge is -2.11. The van der Waals surface area contributed by atoms with Gasteiger partial charge in [0, 0.05) is 36.1 Å². The Bertz CT molecular complexity index is 239. The van der Waals surface area contributed by atoms with Gasteiger partial charge in [-0.05, 0) is 18.4 Å². The average molecular weight is 245 g/mol. The maximum Gasteiger partial charge on any atom is 0.0552 e. The van der Waals surface area contributed by atoms with Crippen LogP contribution in [-0.4, -0.2) is 31.8 Å². The highest BCUT2D eigenvalue weighted by Gasteiger charge is 2.03. The van der Waals surface area contributed by atoms with Crippen molar-refractivity contribution in [2.75, 3.05) is 31.8 Å². The number of ether oxygens (including phenoxy) is 1. The van der Waals surface area contributed by atoms with E-state index < -0.39 is 0 Å². The third kappa shape index (κ3) is 5.56. The highest BCUT2D eigenvalue weighted by Crippen LogP contribution is 2.17. The zero-order valence-corrected chi connectivity index (χ0v) is 11.0. The molecular formula is C11H19NOS2. The molecule has 0 fully saturated rings. The molecule has 0 aliphatic carbocycles. The first-order valence-corrected chi connectivity index (χ1v) is 7.21. The normalized spacial score (nSPS) is 12.9. The molecule has 1 aromatic heterocycles. The molecule has 0 bridgehead atoms. The third-order valence-corrected chi connectivity index (χ3v) is 4.10. The number of rotatable bonds is 8. The summed E-state index contributed by atoms with van der Waals surface area (Å²) in [7, 11) is 1.75. The van der Waals surface area contributed by atoms with Gasteiger partial charge in [-0.15, -0.1) is 11.3 Å². The summed E-state index contributed by atoms with van der Waals surface area (Å²) < 4.78 is 4.99. The van der Waals surface area contributed by atoms with E-state index in [1.54, 1.807) is 7.11 Å². The summed E-state index contributed by atoms with van der Waals surface area (Å²) in [5.41, 5.74) is 0. The summed E-state index contributed by atoms with van der Waals surface area (Å²) in [5.74, 6) is 2.24. The maximum absolute atomic E-state index is 4.99. The average Bonchev–Trinajstić information content (AvgIpc) is 2.76. The number of hydrogen-bond donors (Lipinski definition) is 1. The first-order chi connectivity index (χ1) is 7.34. The lowest BCUT2D eigenvalue weighted by atomic mass is 10.3. The van der Waals surface area contributed by atoms with Gasteiger partial charge in [0.2, 0.25) is 0 Å². The Morgan fingerprint density at radius 2 is 2.40 bits per heavy atom. The Hall–Kier alpha value is -0.0300. The van der Waals surface area contributed by atoms with Crippen LogP contribution in [0.3, 0.4) is 0 Å². The molecule has 0 aliphatic heterocycles. The van der Waals surface area contributed by atoms with Gasteiger partial charge in [0.1, 0.15) is 0 Å². The minimum atomic E-state index is 0.480. The molecule has 1 rings (SSSR count). The Balaban J connectivity index is 2.00. The van der Waals surface area contributed by atoms with Crippen molar-refractivity contribution in [3.05, 3.63) is 22.4 Å². The number of methoxy groups -OCH3 is 1. The van der Waals surface area contributed by atoms with E-state index in [1.807, 2.05) is 23.1 Å². The number of thiophene rings is 1. The molecule has 0 saturated heterocycles. The minimum Gasteiger partial charge on any atom is -0.384 e. The third-order valence-electron chi connectivity index (χ3n) is 2.10. The Morgan fingerprint density at radius 3 is 3.07 bits per heavy atom. The molecule has 4 heteroatoms. The van der Waals surface area contributed by atoms with E-state index in [9.17, 15) is 0 Å². The predicted octanol–water partition coefficient (Wildman–Crippen LogP) is 2.78. The summed E-state index contributed by atoms with van der Waals surface area (Å²) >= 11 is 3.75. The number of nitrogens with one attached hydrogen (secondary N) is 1. The predicted molar refractivity (Wildman–Crippen MR) is 69.9 cm³/mol. The van der Waals surface area contributed by atoms with Crippen LogP contribution >= 0.6 is 23.1 Å². The van der Waals surface area contributed by atoms with Gasteiger partial charge in [0.15, 0.2) is 0 Å². The zero-order valence-electron chi connectivity index (χ0n) is 9.36. The standard InChI is InChI=1S/C11H19NOS2/c1-10(11-4-3-7-15-11)12-5-8-14-9-6-13-2/h3-4,7,10,12H,5-6,8-9H2,1-2H3. The van der Waals surface area contributed by atoms with E-state index >= 15 is 0 Å². The minimum absolute atomic E-state index is 0.480. The molecule has 0 aromatic carbocycles. The van der Waals surface area contributed by atoms with Gasteiger partial charge in [-0.25, -0.2) is 0 Å². The van der Waals surface area contributed by atoms with Crippen molar-refractivity contribution in [1.29, 1.82) is 0 Å². The van der Waals surface area contributed by atoms with Crippen molar-refractivity contribution in [1.82, 2.24) is 5.32 Å². The van der Waals surface area contributed by atoms with Crippen LogP contribution in [0.25, 0.3) is 0 Å². The molecule has 1 heterocycles. The molecule has 1 unspecified atom stereocenters. The second kappa shape index (κ2) is 8.16. The van der Waals surface area contributed by atoms with E-state index in [-0.39, 0.29) is 0 Å². The lowest BCUT2D eigenvalue weighted by molar-refractivity contribution is 0.218. The summed E-state index contributed by atoms with van der Waals surface area (Å²) in [6.45, 7) is 4.13. The van der Waals surface area contributed by atoms with Gasteiger partial charge in [0.25, 0.3) is 0 Å². The van der Waals surface area contributed by atoms with Crippen LogP contribution in [0.2, 0.25) is 0 Å². The SMILES string of the molecule is COCCSCCNC(C)c1cccs1. The molecular weight excluding hydrogens is 226 g/mol. The van der Waals surface area contributed by atoms with Crippen LogP contribution < -0.4 is 5.32 Å². The van der Waals surface area contributed by atoms with Gasteiger partial charge in [-0.1, -0.05) is 6.07 Å². The smallest absolute Gasteiger partial charge is 0.0552 e. The molecule has 1 atom stereocenters. The van der Waals surface area contributed by atoms with Crippen LogP contribution in [0.15, 0.2) is 17.5 Å².